The normalized spacial score (nSPS) is 19.2. The molecule has 0 bridgehead atoms. The van der Waals surface area contributed by atoms with Crippen molar-refractivity contribution >= 4 is 51.5 Å². The van der Waals surface area contributed by atoms with Crippen LogP contribution in [0.4, 0.5) is 11.4 Å². The molecular weight excluding hydrogens is 456 g/mol. The predicted octanol–water partition coefficient (Wildman–Crippen LogP) is 5.82. The fourth-order valence-electron chi connectivity index (χ4n) is 4.05. The lowest BCUT2D eigenvalue weighted by Gasteiger charge is -2.46. The molecule has 1 atom stereocenters. The zero-order chi connectivity index (χ0) is 23.0. The van der Waals surface area contributed by atoms with E-state index in [9.17, 15) is 4.79 Å². The Kier molecular flexibility index (Phi) is 5.60. The Hall–Kier alpha value is -3.29. The number of nitrogens with zero attached hydrogens (tertiary/aromatic N) is 4. The Labute approximate surface area is 201 Å². The van der Waals surface area contributed by atoms with Crippen molar-refractivity contribution in [2.75, 3.05) is 16.6 Å². The van der Waals surface area contributed by atoms with E-state index in [2.05, 4.69) is 6.07 Å². The van der Waals surface area contributed by atoms with Gasteiger partial charge in [0.2, 0.25) is 10.0 Å². The number of hydrogen-bond acceptors (Lipinski definition) is 7. The molecule has 33 heavy (non-hydrogen) atoms. The highest BCUT2D eigenvalue weighted by atomic mass is 35.5. The Balaban J connectivity index is 1.79. The SMILES string of the molecule is CCOC(=O)C1=NN(c2cccc(Cl)c2)C2(S1)c1ccccc1C(C)=NN2c1ccccc1. The van der Waals surface area contributed by atoms with Gasteiger partial charge in [0.1, 0.15) is 0 Å². The van der Waals surface area contributed by atoms with Crippen LogP contribution in [0.15, 0.2) is 89.1 Å². The van der Waals surface area contributed by atoms with E-state index in [0.717, 1.165) is 28.2 Å². The average molecular weight is 477 g/mol. The summed E-state index contributed by atoms with van der Waals surface area (Å²) >= 11 is 7.68. The van der Waals surface area contributed by atoms with Crippen LogP contribution in [0.5, 0.6) is 0 Å². The number of benzene rings is 3. The van der Waals surface area contributed by atoms with Gasteiger partial charge in [0.05, 0.1) is 23.7 Å². The number of halogens is 1. The molecule has 1 unspecified atom stereocenters. The van der Waals surface area contributed by atoms with Crippen LogP contribution in [0.2, 0.25) is 5.02 Å². The van der Waals surface area contributed by atoms with E-state index >= 15 is 0 Å². The van der Waals surface area contributed by atoms with Gasteiger partial charge in [-0.05, 0) is 55.9 Å². The maximum atomic E-state index is 12.9. The van der Waals surface area contributed by atoms with Gasteiger partial charge in [-0.3, -0.25) is 0 Å². The summed E-state index contributed by atoms with van der Waals surface area (Å²) < 4.78 is 5.32. The summed E-state index contributed by atoms with van der Waals surface area (Å²) in [6, 6.07) is 25.4. The monoisotopic (exact) mass is 476 g/mol. The largest absolute Gasteiger partial charge is 0.461 e. The van der Waals surface area contributed by atoms with Crippen LogP contribution in [-0.2, 0) is 14.5 Å². The zero-order valence-corrected chi connectivity index (χ0v) is 19.7. The van der Waals surface area contributed by atoms with Gasteiger partial charge in [-0.15, -0.1) is 0 Å². The van der Waals surface area contributed by atoms with Crippen LogP contribution in [0.3, 0.4) is 0 Å². The number of thioether (sulfide) groups is 1. The number of hydrazone groups is 2. The molecule has 2 aliphatic heterocycles. The summed E-state index contributed by atoms with van der Waals surface area (Å²) in [5, 5.41) is 14.3. The third-order valence-corrected chi connectivity index (χ3v) is 6.95. The van der Waals surface area contributed by atoms with Gasteiger partial charge < -0.3 is 4.74 Å². The minimum absolute atomic E-state index is 0.252. The zero-order valence-electron chi connectivity index (χ0n) is 18.1. The first-order valence-corrected chi connectivity index (χ1v) is 11.7. The smallest absolute Gasteiger partial charge is 0.365 e. The summed E-state index contributed by atoms with van der Waals surface area (Å²) in [5.41, 5.74) is 4.43. The first-order valence-electron chi connectivity index (χ1n) is 10.6. The van der Waals surface area contributed by atoms with Crippen LogP contribution in [0.25, 0.3) is 0 Å². The first kappa shape index (κ1) is 21.6. The molecule has 5 rings (SSSR count). The van der Waals surface area contributed by atoms with Crippen molar-refractivity contribution in [1.29, 1.82) is 0 Å². The van der Waals surface area contributed by atoms with E-state index in [0.29, 0.717) is 5.02 Å². The van der Waals surface area contributed by atoms with Crippen molar-refractivity contribution in [3.8, 4) is 0 Å². The molecule has 0 radical (unpaired) electrons. The van der Waals surface area contributed by atoms with Crippen LogP contribution < -0.4 is 10.0 Å². The molecule has 0 amide bonds. The highest BCUT2D eigenvalue weighted by molar-refractivity contribution is 8.16. The molecule has 0 fully saturated rings. The quantitative estimate of drug-likeness (QED) is 0.444. The fraction of sp³-hybridized carbons (Fsp3) is 0.160. The van der Waals surface area contributed by atoms with E-state index < -0.39 is 11.0 Å². The maximum absolute atomic E-state index is 12.9. The van der Waals surface area contributed by atoms with Gasteiger partial charge in [-0.1, -0.05) is 60.1 Å². The third-order valence-electron chi connectivity index (χ3n) is 5.43. The van der Waals surface area contributed by atoms with Crippen LogP contribution in [0, 0.1) is 0 Å². The number of rotatable bonds is 4. The molecular formula is C25H21ClN4O2S. The van der Waals surface area contributed by atoms with Gasteiger partial charge >= 0.3 is 5.97 Å². The molecule has 0 saturated carbocycles. The second-order valence-corrected chi connectivity index (χ2v) is 9.10. The highest BCUT2D eigenvalue weighted by Crippen LogP contribution is 2.54. The standard InChI is InChI=1S/C25H21ClN4O2S/c1-3-32-24(31)23-28-30(20-13-9-10-18(26)16-20)25(33-23)22-15-8-7-14-21(22)17(2)27-29(25)19-11-5-4-6-12-19/h4-16H,3H2,1-2H3. The number of carbonyl (C=O) groups is 1. The summed E-state index contributed by atoms with van der Waals surface area (Å²) in [4.78, 5) is 11.9. The Morgan fingerprint density at radius 1 is 0.970 bits per heavy atom. The minimum Gasteiger partial charge on any atom is -0.461 e. The Morgan fingerprint density at radius 2 is 1.67 bits per heavy atom. The van der Waals surface area contributed by atoms with E-state index in [1.807, 2.05) is 89.7 Å². The van der Waals surface area contributed by atoms with Gasteiger partial charge in [0.15, 0.2) is 0 Å². The second-order valence-electron chi connectivity index (χ2n) is 7.51. The van der Waals surface area contributed by atoms with Crippen molar-refractivity contribution in [3.63, 3.8) is 0 Å². The third kappa shape index (κ3) is 3.57. The molecule has 3 aromatic rings. The number of anilines is 2. The predicted molar refractivity (Wildman–Crippen MR) is 135 cm³/mol. The molecule has 0 aliphatic carbocycles. The van der Waals surface area contributed by atoms with Crippen molar-refractivity contribution in [3.05, 3.63) is 95.0 Å². The van der Waals surface area contributed by atoms with Gasteiger partial charge in [0, 0.05) is 16.1 Å². The molecule has 0 saturated heterocycles. The summed E-state index contributed by atoms with van der Waals surface area (Å²) in [7, 11) is 0. The lowest BCUT2D eigenvalue weighted by Crippen LogP contribution is -2.53. The Morgan fingerprint density at radius 3 is 2.42 bits per heavy atom. The van der Waals surface area contributed by atoms with Crippen molar-refractivity contribution < 1.29 is 9.53 Å². The lowest BCUT2D eigenvalue weighted by atomic mass is 9.98. The summed E-state index contributed by atoms with van der Waals surface area (Å²) in [5.74, 6) is -0.469. The van der Waals surface area contributed by atoms with Gasteiger partial charge in [-0.2, -0.15) is 10.2 Å². The fourth-order valence-corrected chi connectivity index (χ4v) is 5.52. The summed E-state index contributed by atoms with van der Waals surface area (Å²) in [6.07, 6.45) is 0. The first-order chi connectivity index (χ1) is 16.0. The van der Waals surface area contributed by atoms with E-state index in [1.165, 1.54) is 11.8 Å². The summed E-state index contributed by atoms with van der Waals surface area (Å²) in [6.45, 7) is 4.03. The second kappa shape index (κ2) is 8.57. The average Bonchev–Trinajstić information content (AvgIpc) is 3.24. The van der Waals surface area contributed by atoms with E-state index in [1.54, 1.807) is 6.92 Å². The number of ether oxygens (including phenoxy) is 1. The van der Waals surface area contributed by atoms with Gasteiger partial charge in [0.25, 0.3) is 0 Å². The number of para-hydroxylation sites is 1. The number of esters is 1. The van der Waals surface area contributed by atoms with Crippen LogP contribution >= 0.6 is 23.4 Å². The Bertz CT molecular complexity index is 1280. The minimum atomic E-state index is -0.996. The van der Waals surface area contributed by atoms with Crippen molar-refractivity contribution in [2.24, 2.45) is 10.2 Å². The molecule has 1 spiro atoms. The molecule has 166 valence electrons. The number of fused-ring (bicyclic) bond motifs is 2. The van der Waals surface area contributed by atoms with Crippen LogP contribution in [-0.4, -0.2) is 23.3 Å². The van der Waals surface area contributed by atoms with E-state index in [-0.39, 0.29) is 11.7 Å². The molecule has 2 aliphatic rings. The number of carbonyl (C=O) groups excluding carboxylic acids is 1. The molecule has 2 heterocycles. The molecule has 0 aromatic heterocycles. The lowest BCUT2D eigenvalue weighted by molar-refractivity contribution is -0.134. The highest BCUT2D eigenvalue weighted by Gasteiger charge is 2.56. The maximum Gasteiger partial charge on any atom is 0.365 e. The van der Waals surface area contributed by atoms with Crippen LogP contribution in [0.1, 0.15) is 25.0 Å². The van der Waals surface area contributed by atoms with E-state index in [4.69, 9.17) is 26.5 Å². The van der Waals surface area contributed by atoms with Gasteiger partial charge in [-0.25, -0.2) is 14.8 Å². The number of hydrogen-bond donors (Lipinski definition) is 0. The molecule has 8 heteroatoms. The van der Waals surface area contributed by atoms with Crippen molar-refractivity contribution in [2.45, 2.75) is 18.8 Å². The molecule has 3 aromatic carbocycles. The molecule has 0 N–H and O–H groups in total. The molecule has 6 nitrogen and oxygen atoms in total. The van der Waals surface area contributed by atoms with Crippen molar-refractivity contribution in [1.82, 2.24) is 0 Å². The topological polar surface area (TPSA) is 57.5 Å².